The Morgan fingerprint density at radius 3 is 2.41 bits per heavy atom. The van der Waals surface area contributed by atoms with Crippen molar-refractivity contribution in [1.82, 2.24) is 4.90 Å². The predicted octanol–water partition coefficient (Wildman–Crippen LogP) is 8.51. The fourth-order valence-electron chi connectivity index (χ4n) is 10.2. The van der Waals surface area contributed by atoms with Gasteiger partial charge in [0.05, 0.1) is 42.5 Å². The molecule has 66 heavy (non-hydrogen) atoms. The summed E-state index contributed by atoms with van der Waals surface area (Å²) in [6.45, 7) is 4.43. The fraction of sp³-hybridized carbons (Fsp3) is 0.385. The number of carbonyl (C=O) groups excluding carboxylic acids is 2. The average Bonchev–Trinajstić information content (AvgIpc) is 3.82. The molecule has 344 valence electrons. The molecule has 2 aliphatic heterocycles. The summed E-state index contributed by atoms with van der Waals surface area (Å²) in [7, 11) is 3.01. The topological polar surface area (TPSA) is 179 Å². The second-order valence-electron chi connectivity index (χ2n) is 16.9. The van der Waals surface area contributed by atoms with Gasteiger partial charge in [-0.3, -0.25) is 9.59 Å². The highest BCUT2D eigenvalue weighted by Crippen LogP contribution is 2.62. The van der Waals surface area contributed by atoms with Crippen molar-refractivity contribution >= 4 is 17.9 Å². The number of unbranched alkanes of at least 4 members (excludes halogenated alkanes) is 2. The number of oxime groups is 1. The Labute approximate surface area is 384 Å². The predicted molar refractivity (Wildman–Crippen MR) is 244 cm³/mol. The third-order valence-electron chi connectivity index (χ3n) is 13.1. The van der Waals surface area contributed by atoms with Gasteiger partial charge in [0.15, 0.2) is 17.8 Å². The van der Waals surface area contributed by atoms with Crippen molar-refractivity contribution in [2.75, 3.05) is 40.8 Å². The normalized spacial score (nSPS) is 22.7. The molecular weight excluding hydrogens is 843 g/mol. The number of nitriles is 1. The molecule has 0 radical (unpaired) electrons. The van der Waals surface area contributed by atoms with Gasteiger partial charge in [0, 0.05) is 43.2 Å². The number of benzene rings is 4. The van der Waals surface area contributed by atoms with E-state index in [1.165, 1.54) is 14.2 Å². The molecule has 0 spiro atoms. The lowest BCUT2D eigenvalue weighted by Crippen LogP contribution is -2.70. The van der Waals surface area contributed by atoms with Crippen LogP contribution in [0.1, 0.15) is 88.3 Å². The fourth-order valence-corrected chi connectivity index (χ4v) is 10.2. The van der Waals surface area contributed by atoms with Crippen LogP contribution in [0.15, 0.2) is 108 Å². The van der Waals surface area contributed by atoms with Crippen molar-refractivity contribution in [1.29, 1.82) is 5.26 Å². The molecule has 2 N–H and O–H groups in total. The van der Waals surface area contributed by atoms with Crippen LogP contribution in [-0.2, 0) is 16.1 Å². The smallest absolute Gasteiger partial charge is 0.254 e. The van der Waals surface area contributed by atoms with Crippen LogP contribution >= 0.6 is 0 Å². The second-order valence-corrected chi connectivity index (χ2v) is 16.9. The van der Waals surface area contributed by atoms with Gasteiger partial charge >= 0.3 is 0 Å². The summed E-state index contributed by atoms with van der Waals surface area (Å²) in [5.41, 5.74) is 4.28. The lowest BCUT2D eigenvalue weighted by molar-refractivity contribution is -0.255. The molecule has 14 heteroatoms. The molecule has 4 aromatic carbocycles. The quantitative estimate of drug-likeness (QED) is 0.0375. The molecule has 0 saturated heterocycles. The van der Waals surface area contributed by atoms with Crippen molar-refractivity contribution in [3.05, 3.63) is 131 Å². The van der Waals surface area contributed by atoms with E-state index in [9.17, 15) is 20.3 Å². The van der Waals surface area contributed by atoms with E-state index in [0.29, 0.717) is 69.7 Å². The number of aliphatic hydroxyl groups is 2. The summed E-state index contributed by atoms with van der Waals surface area (Å²) in [4.78, 5) is 34.7. The van der Waals surface area contributed by atoms with E-state index in [4.69, 9.17) is 38.4 Å². The summed E-state index contributed by atoms with van der Waals surface area (Å²) < 4.78 is 37.8. The lowest BCUT2D eigenvalue weighted by atomic mass is 9.55. The number of hydrogen-bond acceptors (Lipinski definition) is 13. The van der Waals surface area contributed by atoms with Crippen LogP contribution in [0.2, 0.25) is 0 Å². The van der Waals surface area contributed by atoms with E-state index < -0.39 is 17.7 Å². The van der Waals surface area contributed by atoms with Crippen LogP contribution in [0, 0.1) is 29.1 Å². The van der Waals surface area contributed by atoms with Crippen LogP contribution < -0.4 is 23.7 Å². The number of hydrogen-bond donors (Lipinski definition) is 2. The lowest BCUT2D eigenvalue weighted by Gasteiger charge is -2.60. The zero-order valence-electron chi connectivity index (χ0n) is 37.2. The van der Waals surface area contributed by atoms with Gasteiger partial charge in [-0.1, -0.05) is 36.2 Å². The Kier molecular flexibility index (Phi) is 14.4. The molecule has 0 aromatic heterocycles. The van der Waals surface area contributed by atoms with Crippen LogP contribution in [0.3, 0.4) is 0 Å². The van der Waals surface area contributed by atoms with E-state index in [2.05, 4.69) is 18.7 Å². The van der Waals surface area contributed by atoms with Gasteiger partial charge in [-0.15, -0.1) is 6.58 Å². The zero-order chi connectivity index (χ0) is 46.2. The maximum atomic E-state index is 15.4. The Bertz CT molecular complexity index is 2520. The first kappa shape index (κ1) is 45.9. The molecular formula is C52H55N3O11. The molecule has 1 fully saturated rings. The van der Waals surface area contributed by atoms with Gasteiger partial charge in [0.25, 0.3) is 5.91 Å². The van der Waals surface area contributed by atoms with Gasteiger partial charge in [-0.25, -0.2) is 0 Å². The summed E-state index contributed by atoms with van der Waals surface area (Å²) in [6.07, 6.45) is 9.14. The van der Waals surface area contributed by atoms with Crippen molar-refractivity contribution in [3.8, 4) is 40.6 Å². The highest BCUT2D eigenvalue weighted by Gasteiger charge is 2.65. The minimum atomic E-state index is -1.54. The molecule has 2 aliphatic carbocycles. The van der Waals surface area contributed by atoms with Gasteiger partial charge in [0.2, 0.25) is 12.6 Å². The Balaban J connectivity index is 1.34. The Hall–Kier alpha value is -6.66. The highest BCUT2D eigenvalue weighted by molar-refractivity contribution is 6.03. The van der Waals surface area contributed by atoms with Crippen molar-refractivity contribution in [2.24, 2.45) is 22.9 Å². The molecule has 4 aromatic rings. The van der Waals surface area contributed by atoms with Crippen LogP contribution in [-0.4, -0.2) is 85.7 Å². The van der Waals surface area contributed by atoms with Crippen molar-refractivity contribution < 1.29 is 53.1 Å². The first-order chi connectivity index (χ1) is 32.3. The molecule has 0 bridgehead atoms. The molecule has 8 rings (SSSR count). The van der Waals surface area contributed by atoms with E-state index in [-0.39, 0.29) is 63.2 Å². The number of fused-ring (bicyclic) bond motifs is 3. The number of amides is 1. The summed E-state index contributed by atoms with van der Waals surface area (Å²) in [5, 5.41) is 34.3. The number of allylic oxidation sites excluding steroid dienone is 1. The number of rotatable bonds is 20. The summed E-state index contributed by atoms with van der Waals surface area (Å²) in [6, 6.07) is 24.2. The monoisotopic (exact) mass is 897 g/mol. The summed E-state index contributed by atoms with van der Waals surface area (Å²) >= 11 is 0. The maximum Gasteiger partial charge on any atom is 0.254 e. The molecule has 4 aliphatic rings. The van der Waals surface area contributed by atoms with Crippen LogP contribution in [0.25, 0.3) is 0 Å². The number of methoxy groups -OCH3 is 1. The van der Waals surface area contributed by atoms with Crippen LogP contribution in [0.4, 0.5) is 0 Å². The Morgan fingerprint density at radius 2 is 1.68 bits per heavy atom. The molecule has 6 atom stereocenters. The van der Waals surface area contributed by atoms with Gasteiger partial charge in [-0.05, 0) is 121 Å². The zero-order valence-corrected chi connectivity index (χ0v) is 37.2. The van der Waals surface area contributed by atoms with E-state index in [1.54, 1.807) is 53.4 Å². The van der Waals surface area contributed by atoms with Gasteiger partial charge in [0.1, 0.15) is 36.1 Å². The minimum absolute atomic E-state index is 0.0134. The molecule has 6 unspecified atom stereocenters. The first-order valence-electron chi connectivity index (χ1n) is 22.4. The van der Waals surface area contributed by atoms with Crippen molar-refractivity contribution in [3.63, 3.8) is 0 Å². The summed E-state index contributed by atoms with van der Waals surface area (Å²) in [5.74, 6) is 0.330. The van der Waals surface area contributed by atoms with E-state index in [0.717, 1.165) is 48.7 Å². The maximum absolute atomic E-state index is 15.4. The second kappa shape index (κ2) is 20.7. The van der Waals surface area contributed by atoms with Crippen molar-refractivity contribution in [2.45, 2.75) is 69.2 Å². The van der Waals surface area contributed by atoms with Gasteiger partial charge < -0.3 is 48.4 Å². The van der Waals surface area contributed by atoms with Gasteiger partial charge in [-0.2, -0.15) is 5.26 Å². The number of aldehydes is 1. The molecule has 1 amide bonds. The third kappa shape index (κ3) is 9.11. The Morgan fingerprint density at radius 1 is 0.939 bits per heavy atom. The SMILES string of the molecule is C=CCOC12Oc3ccc(Oc4ccc(OC)c(C=O)c4)cc3C3C(CCCCO)C(CCCCO)C=C(C(=NOC)CC1N(Cc1ccc4c(c1)OCO4)C(=O)c1ccc(C#N)cc1)C32. The number of ether oxygens (including phenoxy) is 6. The number of aliphatic hydroxyl groups excluding tert-OH is 2. The average molecular weight is 898 g/mol. The van der Waals surface area contributed by atoms with Crippen LogP contribution in [0.5, 0.6) is 34.5 Å². The largest absolute Gasteiger partial charge is 0.496 e. The number of carbonyl (C=O) groups is 2. The third-order valence-corrected chi connectivity index (χ3v) is 13.1. The standard InChI is InChI=1S/C52H55N3O11/c1-4-23-64-52-48(55(51(59)35-14-11-33(29-53)12-15-35)30-34-13-18-46-47(24-34)63-32-62-46)28-43(54-61-3)41-26-36(9-5-7-21-56)40(10-6-8-22-57)49(50(41)52)42-27-39(17-20-45(42)66-52)65-38-16-19-44(60-2)37(25-38)31-58/h4,11-20,24-27,31,36,40,48-50,56-57H,1,5-10,21-23,28,30,32H2,2-3H3. The van der Waals surface area contributed by atoms with E-state index >= 15 is 4.79 Å². The first-order valence-corrected chi connectivity index (χ1v) is 22.4. The molecule has 2 heterocycles. The molecule has 1 saturated carbocycles. The number of nitrogens with zero attached hydrogens (tertiary/aromatic N) is 3. The highest BCUT2D eigenvalue weighted by atomic mass is 16.7. The molecule has 14 nitrogen and oxygen atoms in total. The van der Waals surface area contributed by atoms with E-state index in [1.807, 2.05) is 36.4 Å². The minimum Gasteiger partial charge on any atom is -0.496 e.